The standard InChI is InChI=1S/C26H39NO5.C8H17NO2.C4H8.C3H8/c1-7-18(3)22(15-14-21-12-10-9-11-13-21)16-27-25(30)32-26(27,6)17-31-24(29)20(5)23(28)19(4)8-2;1-6-4-7(9(2)3)5-8(10)11-6;1-4-2-3-4;1-3-2/h9-13,15,18-20,25,30H,7-8,14,16-17H2,1-6H3;6-8,10H,4-5H2,1-3H3;4H,2-3H2,1H3;3H2,1-2H3/b22-15-;;;/t18-,19-,20?,25?,26-;;;/m1.../s1. The lowest BCUT2D eigenvalue weighted by Crippen LogP contribution is -2.69. The van der Waals surface area contributed by atoms with Crippen LogP contribution in [-0.2, 0) is 30.2 Å². The molecule has 4 rings (SSSR count). The molecule has 9 nitrogen and oxygen atoms in total. The van der Waals surface area contributed by atoms with E-state index in [0.717, 1.165) is 31.6 Å². The zero-order chi connectivity index (χ0) is 38.0. The highest BCUT2D eigenvalue weighted by Gasteiger charge is 2.51. The minimum Gasteiger partial charge on any atom is -0.461 e. The molecule has 3 fully saturated rings. The second-order valence-corrected chi connectivity index (χ2v) is 14.9. The van der Waals surface area contributed by atoms with E-state index in [1.165, 1.54) is 30.4 Å². The Labute approximate surface area is 304 Å². The lowest BCUT2D eigenvalue weighted by molar-refractivity contribution is -0.421. The number of ketones is 1. The molecule has 0 amide bonds. The third kappa shape index (κ3) is 16.5. The first-order chi connectivity index (χ1) is 23.5. The third-order valence-corrected chi connectivity index (χ3v) is 9.70. The topological polar surface area (TPSA) is 109 Å². The van der Waals surface area contributed by atoms with Gasteiger partial charge < -0.3 is 29.3 Å². The van der Waals surface area contributed by atoms with E-state index in [-0.39, 0.29) is 24.4 Å². The van der Waals surface area contributed by atoms with Crippen LogP contribution in [0.2, 0.25) is 0 Å². The van der Waals surface area contributed by atoms with Gasteiger partial charge in [0.2, 0.25) is 6.41 Å². The quantitative estimate of drug-likeness (QED) is 0.122. The van der Waals surface area contributed by atoms with E-state index in [1.807, 2.05) is 53.1 Å². The molecule has 288 valence electrons. The molecule has 0 aromatic heterocycles. The summed E-state index contributed by atoms with van der Waals surface area (Å²) in [6, 6.07) is 10.7. The summed E-state index contributed by atoms with van der Waals surface area (Å²) in [5.41, 5.74) is 1.50. The monoisotopic (exact) mass is 705 g/mol. The largest absolute Gasteiger partial charge is 0.461 e. The highest BCUT2D eigenvalue weighted by Crippen LogP contribution is 2.35. The SMILES string of the molecule is CC1CC(N(C)C)CC(O)O1.CC1CC1.CCC.CC[C@@H](C)C(=O)C(C)C(=O)OC[C@@]1(C)OC(O)N1C/C(=C/Cc1ccccc1)[C@H](C)CC. The molecule has 0 radical (unpaired) electrons. The minimum absolute atomic E-state index is 0.0481. The molecule has 50 heavy (non-hydrogen) atoms. The van der Waals surface area contributed by atoms with Gasteiger partial charge in [-0.15, -0.1) is 0 Å². The van der Waals surface area contributed by atoms with Gasteiger partial charge in [-0.3, -0.25) is 9.59 Å². The summed E-state index contributed by atoms with van der Waals surface area (Å²) in [6.07, 6.45) is 9.23. The Bertz CT molecular complexity index is 1120. The summed E-state index contributed by atoms with van der Waals surface area (Å²) in [5.74, 6) is -0.237. The number of benzene rings is 1. The fourth-order valence-electron chi connectivity index (χ4n) is 5.40. The number of rotatable bonds is 13. The predicted octanol–water partition coefficient (Wildman–Crippen LogP) is 7.59. The molecule has 1 aromatic carbocycles. The van der Waals surface area contributed by atoms with Gasteiger partial charge in [-0.2, -0.15) is 0 Å². The summed E-state index contributed by atoms with van der Waals surface area (Å²) in [6.45, 7) is 20.4. The van der Waals surface area contributed by atoms with E-state index in [1.54, 1.807) is 18.7 Å². The van der Waals surface area contributed by atoms with Crippen molar-refractivity contribution in [3.63, 3.8) is 0 Å². The van der Waals surface area contributed by atoms with E-state index in [4.69, 9.17) is 14.2 Å². The normalized spacial score (nSPS) is 26.7. The van der Waals surface area contributed by atoms with Crippen molar-refractivity contribution in [3.05, 3.63) is 47.5 Å². The number of aliphatic hydroxyl groups is 2. The maximum Gasteiger partial charge on any atom is 0.316 e. The Kier molecular flexibility index (Phi) is 21.5. The lowest BCUT2D eigenvalue weighted by atomic mass is 9.93. The first-order valence-electron chi connectivity index (χ1n) is 19.1. The van der Waals surface area contributed by atoms with Crippen LogP contribution >= 0.6 is 0 Å². The smallest absolute Gasteiger partial charge is 0.316 e. The van der Waals surface area contributed by atoms with Crippen molar-refractivity contribution in [1.29, 1.82) is 0 Å². The Morgan fingerprint density at radius 3 is 2.02 bits per heavy atom. The van der Waals surface area contributed by atoms with Gasteiger partial charge in [0.25, 0.3) is 0 Å². The van der Waals surface area contributed by atoms with Gasteiger partial charge in [-0.1, -0.05) is 110 Å². The second kappa shape index (κ2) is 23.4. The van der Waals surface area contributed by atoms with Crippen LogP contribution < -0.4 is 0 Å². The molecule has 9 heteroatoms. The minimum atomic E-state index is -1.05. The molecule has 0 spiro atoms. The molecule has 0 bridgehead atoms. The summed E-state index contributed by atoms with van der Waals surface area (Å²) >= 11 is 0. The summed E-state index contributed by atoms with van der Waals surface area (Å²) in [4.78, 5) is 28.7. The van der Waals surface area contributed by atoms with Gasteiger partial charge in [0.1, 0.15) is 18.3 Å². The number of hydrogen-bond donors (Lipinski definition) is 2. The number of Topliss-reactive ketones (excluding diaryl/α,β-unsaturated/α-hetero) is 1. The number of allylic oxidation sites excluding steroid dienone is 1. The summed E-state index contributed by atoms with van der Waals surface area (Å²) in [7, 11) is 4.07. The van der Waals surface area contributed by atoms with Crippen LogP contribution in [0.15, 0.2) is 42.0 Å². The molecule has 8 atom stereocenters. The maximum atomic E-state index is 12.4. The van der Waals surface area contributed by atoms with E-state index < -0.39 is 30.3 Å². The van der Waals surface area contributed by atoms with Crippen molar-refractivity contribution in [3.8, 4) is 0 Å². The van der Waals surface area contributed by atoms with Gasteiger partial charge in [-0.05, 0) is 77.9 Å². The van der Waals surface area contributed by atoms with Crippen LogP contribution in [0.1, 0.15) is 120 Å². The van der Waals surface area contributed by atoms with Crippen molar-refractivity contribution in [1.82, 2.24) is 9.80 Å². The van der Waals surface area contributed by atoms with Crippen molar-refractivity contribution in [2.24, 2.45) is 23.7 Å². The van der Waals surface area contributed by atoms with Gasteiger partial charge >= 0.3 is 5.97 Å². The first-order valence-corrected chi connectivity index (χ1v) is 19.1. The number of carbonyl (C=O) groups is 2. The molecule has 2 heterocycles. The Morgan fingerprint density at radius 2 is 1.56 bits per heavy atom. The molecule has 1 saturated carbocycles. The molecule has 5 unspecified atom stereocenters. The lowest BCUT2D eigenvalue weighted by Gasteiger charge is -2.53. The molecule has 3 aliphatic rings. The predicted molar refractivity (Wildman–Crippen MR) is 202 cm³/mol. The van der Waals surface area contributed by atoms with Crippen LogP contribution in [-0.4, -0.2) is 89.6 Å². The molecule has 1 aromatic rings. The van der Waals surface area contributed by atoms with Gasteiger partial charge in [0.15, 0.2) is 12.0 Å². The molecule has 2 aliphatic heterocycles. The van der Waals surface area contributed by atoms with E-state index in [0.29, 0.717) is 24.9 Å². The number of aliphatic hydroxyl groups excluding tert-OH is 2. The molecule has 1 aliphatic carbocycles. The van der Waals surface area contributed by atoms with E-state index in [9.17, 15) is 19.8 Å². The average molecular weight is 705 g/mol. The van der Waals surface area contributed by atoms with Crippen molar-refractivity contribution in [2.45, 2.75) is 151 Å². The van der Waals surface area contributed by atoms with Crippen LogP contribution in [0, 0.1) is 23.7 Å². The van der Waals surface area contributed by atoms with Gasteiger partial charge in [-0.25, -0.2) is 4.90 Å². The van der Waals surface area contributed by atoms with Gasteiger partial charge in [0, 0.05) is 24.9 Å². The van der Waals surface area contributed by atoms with Crippen LogP contribution in [0.25, 0.3) is 0 Å². The van der Waals surface area contributed by atoms with Crippen molar-refractivity contribution < 1.29 is 34.0 Å². The van der Waals surface area contributed by atoms with Gasteiger partial charge in [0.05, 0.1) is 6.10 Å². The Hall–Kier alpha value is -2.14. The highest BCUT2D eigenvalue weighted by atomic mass is 16.7. The Balaban J connectivity index is 0.000000561. The van der Waals surface area contributed by atoms with Crippen LogP contribution in [0.5, 0.6) is 0 Å². The summed E-state index contributed by atoms with van der Waals surface area (Å²) in [5, 5.41) is 19.5. The molecule has 2 N–H and O–H groups in total. The van der Waals surface area contributed by atoms with Crippen molar-refractivity contribution >= 4 is 11.8 Å². The average Bonchev–Trinajstić information content (AvgIpc) is 3.88. The maximum absolute atomic E-state index is 12.4. The number of ether oxygens (including phenoxy) is 3. The Morgan fingerprint density at radius 1 is 1.00 bits per heavy atom. The van der Waals surface area contributed by atoms with E-state index in [2.05, 4.69) is 57.7 Å². The fraction of sp³-hybridized carbons (Fsp3) is 0.756. The second-order valence-electron chi connectivity index (χ2n) is 14.9. The number of hydrogen-bond acceptors (Lipinski definition) is 9. The molecule has 2 saturated heterocycles. The number of carbonyl (C=O) groups excluding carboxylic acids is 2. The highest BCUT2D eigenvalue weighted by molar-refractivity contribution is 5.99. The first kappa shape index (κ1) is 45.9. The number of nitrogens with zero attached hydrogens (tertiary/aromatic N) is 2. The zero-order valence-corrected chi connectivity index (χ0v) is 33.5. The van der Waals surface area contributed by atoms with E-state index >= 15 is 0 Å². The zero-order valence-electron chi connectivity index (χ0n) is 33.5. The third-order valence-electron chi connectivity index (χ3n) is 9.70. The summed E-state index contributed by atoms with van der Waals surface area (Å²) < 4.78 is 16.2. The number of esters is 1. The van der Waals surface area contributed by atoms with Crippen LogP contribution in [0.3, 0.4) is 0 Å². The molecular formula is C41H72N2O7. The van der Waals surface area contributed by atoms with Crippen LogP contribution in [0.4, 0.5) is 0 Å². The fourth-order valence-corrected chi connectivity index (χ4v) is 5.40. The molecular weight excluding hydrogens is 632 g/mol. The van der Waals surface area contributed by atoms with Crippen molar-refractivity contribution in [2.75, 3.05) is 27.2 Å².